The summed E-state index contributed by atoms with van der Waals surface area (Å²) < 4.78 is 26.6. The number of sulfonamides is 1. The van der Waals surface area contributed by atoms with Crippen LogP contribution in [0.4, 0.5) is 11.4 Å². The number of rotatable bonds is 7. The lowest BCUT2D eigenvalue weighted by Crippen LogP contribution is -2.54. The SMILES string of the molecule is C=C(Cl)/C(=C\C=C(/C)Cl)N1CCCN2c3c(C(CC)NS(C)(=O)=O)ccc(Cl)c3NC12. The number of anilines is 2. The van der Waals surface area contributed by atoms with E-state index in [0.717, 1.165) is 42.1 Å². The van der Waals surface area contributed by atoms with Crippen LogP contribution < -0.4 is 14.9 Å². The van der Waals surface area contributed by atoms with Gasteiger partial charge in [-0.25, -0.2) is 13.1 Å². The Balaban J connectivity index is 2.06. The molecule has 0 aliphatic carbocycles. The van der Waals surface area contributed by atoms with Crippen molar-refractivity contribution < 1.29 is 8.42 Å². The highest BCUT2D eigenvalue weighted by Gasteiger charge is 2.40. The minimum Gasteiger partial charge on any atom is -0.345 e. The zero-order valence-corrected chi connectivity index (χ0v) is 20.8. The fraction of sp³-hybridized carbons (Fsp3) is 0.429. The molecule has 1 aromatic rings. The first-order valence-electron chi connectivity index (χ1n) is 10.0. The molecule has 1 fully saturated rings. The van der Waals surface area contributed by atoms with Crippen molar-refractivity contribution in [2.24, 2.45) is 0 Å². The maximum absolute atomic E-state index is 11.9. The molecule has 2 atom stereocenters. The lowest BCUT2D eigenvalue weighted by atomic mass is 10.0. The summed E-state index contributed by atoms with van der Waals surface area (Å²) >= 11 is 18.9. The Morgan fingerprint density at radius 3 is 2.65 bits per heavy atom. The van der Waals surface area contributed by atoms with E-state index in [1.54, 1.807) is 19.1 Å². The van der Waals surface area contributed by atoms with E-state index in [2.05, 4.69) is 26.4 Å². The molecule has 170 valence electrons. The van der Waals surface area contributed by atoms with Crippen molar-refractivity contribution in [3.8, 4) is 0 Å². The van der Waals surface area contributed by atoms with E-state index >= 15 is 0 Å². The first-order valence-corrected chi connectivity index (χ1v) is 13.0. The van der Waals surface area contributed by atoms with Crippen LogP contribution in [0.15, 0.2) is 46.6 Å². The molecule has 31 heavy (non-hydrogen) atoms. The number of nitrogens with one attached hydrogen (secondary N) is 2. The number of allylic oxidation sites excluding steroid dienone is 4. The summed E-state index contributed by atoms with van der Waals surface area (Å²) in [5, 5.41) is 5.13. The average Bonchev–Trinajstić information content (AvgIpc) is 3.07. The van der Waals surface area contributed by atoms with Crippen LogP contribution in [0.2, 0.25) is 5.02 Å². The predicted octanol–water partition coefficient (Wildman–Crippen LogP) is 5.34. The smallest absolute Gasteiger partial charge is 0.209 e. The molecule has 2 unspecified atom stereocenters. The zero-order chi connectivity index (χ0) is 22.9. The Kier molecular flexibility index (Phi) is 7.54. The molecule has 1 saturated heterocycles. The molecule has 1 aromatic carbocycles. The van der Waals surface area contributed by atoms with Crippen molar-refractivity contribution in [2.45, 2.75) is 39.0 Å². The summed E-state index contributed by atoms with van der Waals surface area (Å²) in [5.41, 5.74) is 3.34. The highest BCUT2D eigenvalue weighted by atomic mass is 35.5. The van der Waals surface area contributed by atoms with Gasteiger partial charge in [-0.3, -0.25) is 0 Å². The highest BCUT2D eigenvalue weighted by Crippen LogP contribution is 2.47. The Labute approximate surface area is 199 Å². The van der Waals surface area contributed by atoms with Gasteiger partial charge in [0.15, 0.2) is 6.29 Å². The quantitative estimate of drug-likeness (QED) is 0.490. The molecule has 0 amide bonds. The molecule has 2 heterocycles. The molecule has 2 N–H and O–H groups in total. The minimum absolute atomic E-state index is 0.232. The monoisotopic (exact) mass is 504 g/mol. The number of benzene rings is 1. The summed E-state index contributed by atoms with van der Waals surface area (Å²) in [7, 11) is -3.38. The number of hydrogen-bond donors (Lipinski definition) is 2. The van der Waals surface area contributed by atoms with Gasteiger partial charge in [-0.15, -0.1) is 0 Å². The van der Waals surface area contributed by atoms with E-state index in [1.165, 1.54) is 6.26 Å². The second-order valence-corrected chi connectivity index (χ2v) is 10.9. The Morgan fingerprint density at radius 1 is 1.35 bits per heavy atom. The second-order valence-electron chi connectivity index (χ2n) is 7.68. The van der Waals surface area contributed by atoms with Gasteiger partial charge < -0.3 is 15.1 Å². The van der Waals surface area contributed by atoms with Crippen molar-refractivity contribution >= 4 is 56.2 Å². The Hall–Kier alpha value is -1.38. The van der Waals surface area contributed by atoms with Crippen LogP contribution >= 0.6 is 34.8 Å². The summed E-state index contributed by atoms with van der Waals surface area (Å²) in [5.74, 6) is 0. The van der Waals surface area contributed by atoms with E-state index in [-0.39, 0.29) is 12.3 Å². The third kappa shape index (κ3) is 5.34. The number of halogens is 3. The van der Waals surface area contributed by atoms with Crippen LogP contribution in [0.25, 0.3) is 0 Å². The fourth-order valence-corrected chi connectivity index (χ4v) is 5.32. The van der Waals surface area contributed by atoms with Crippen LogP contribution in [0.1, 0.15) is 38.3 Å². The largest absolute Gasteiger partial charge is 0.345 e. The topological polar surface area (TPSA) is 64.7 Å². The number of fused-ring (bicyclic) bond motifs is 3. The van der Waals surface area contributed by atoms with E-state index in [0.29, 0.717) is 21.5 Å². The molecule has 10 heteroatoms. The van der Waals surface area contributed by atoms with Crippen molar-refractivity contribution in [3.05, 3.63) is 57.2 Å². The molecular formula is C21H27Cl3N4O2S. The number of nitrogens with zero attached hydrogens (tertiary/aromatic N) is 2. The lowest BCUT2D eigenvalue weighted by molar-refractivity contribution is 0.242. The molecule has 0 spiro atoms. The van der Waals surface area contributed by atoms with Crippen molar-refractivity contribution in [1.82, 2.24) is 9.62 Å². The summed E-state index contributed by atoms with van der Waals surface area (Å²) in [4.78, 5) is 4.33. The average molecular weight is 506 g/mol. The van der Waals surface area contributed by atoms with E-state index in [4.69, 9.17) is 34.8 Å². The Morgan fingerprint density at radius 2 is 2.06 bits per heavy atom. The highest BCUT2D eigenvalue weighted by molar-refractivity contribution is 7.88. The minimum atomic E-state index is -3.38. The van der Waals surface area contributed by atoms with Crippen LogP contribution in [-0.4, -0.2) is 39.0 Å². The zero-order valence-electron chi connectivity index (χ0n) is 17.8. The normalized spacial score (nSPS) is 20.3. The van der Waals surface area contributed by atoms with E-state index < -0.39 is 10.0 Å². The number of hydrogen-bond acceptors (Lipinski definition) is 5. The van der Waals surface area contributed by atoms with Crippen molar-refractivity contribution in [1.29, 1.82) is 0 Å². The van der Waals surface area contributed by atoms with Crippen LogP contribution in [0.3, 0.4) is 0 Å². The molecule has 6 nitrogen and oxygen atoms in total. The fourth-order valence-electron chi connectivity index (χ4n) is 4.07. The molecule has 0 radical (unpaired) electrons. The van der Waals surface area contributed by atoms with Gasteiger partial charge in [0.2, 0.25) is 10.0 Å². The van der Waals surface area contributed by atoms with Gasteiger partial charge in [-0.05, 0) is 43.5 Å². The van der Waals surface area contributed by atoms with Crippen molar-refractivity contribution in [3.63, 3.8) is 0 Å². The van der Waals surface area contributed by atoms with Gasteiger partial charge in [0.1, 0.15) is 0 Å². The van der Waals surface area contributed by atoms with Gasteiger partial charge in [0, 0.05) is 24.2 Å². The standard InChI is InChI=1S/C21H27Cl3N4O2S/c1-5-17(26-31(4,29)30)15-8-9-16(24)19-20(15)28-12-6-11-27(21(28)25-19)18(14(3)23)10-7-13(2)22/h7-10,17,21,25-26H,3,5-6,11-12H2,1-2,4H3/b13-7+,18-10+. The lowest BCUT2D eigenvalue weighted by Gasteiger charge is -2.43. The molecular weight excluding hydrogens is 479 g/mol. The molecule has 0 bridgehead atoms. The second kappa shape index (κ2) is 9.63. The van der Waals surface area contributed by atoms with E-state index in [1.807, 2.05) is 19.1 Å². The maximum Gasteiger partial charge on any atom is 0.209 e. The predicted molar refractivity (Wildman–Crippen MR) is 131 cm³/mol. The van der Waals surface area contributed by atoms with Gasteiger partial charge in [-0.1, -0.05) is 54.4 Å². The first-order chi connectivity index (χ1) is 14.5. The molecule has 3 rings (SSSR count). The Bertz CT molecular complexity index is 1040. The van der Waals surface area contributed by atoms with Crippen LogP contribution in [-0.2, 0) is 10.0 Å². The summed E-state index contributed by atoms with van der Waals surface area (Å²) in [6.45, 7) is 9.22. The molecule has 0 aromatic heterocycles. The van der Waals surface area contributed by atoms with Crippen molar-refractivity contribution in [2.75, 3.05) is 29.6 Å². The third-order valence-corrected chi connectivity index (χ3v) is 6.65. The first kappa shape index (κ1) is 24.3. The van der Waals surface area contributed by atoms with Crippen LogP contribution in [0, 0.1) is 0 Å². The summed E-state index contributed by atoms with van der Waals surface area (Å²) in [6.07, 6.45) is 6.06. The van der Waals surface area contributed by atoms with Gasteiger partial charge in [0.25, 0.3) is 0 Å². The molecule has 0 saturated carbocycles. The van der Waals surface area contributed by atoms with E-state index in [9.17, 15) is 8.42 Å². The van der Waals surface area contributed by atoms with Gasteiger partial charge >= 0.3 is 0 Å². The third-order valence-electron chi connectivity index (χ3n) is 5.31. The molecule has 2 aliphatic heterocycles. The maximum atomic E-state index is 11.9. The van der Waals surface area contributed by atoms with Crippen LogP contribution in [0.5, 0.6) is 0 Å². The van der Waals surface area contributed by atoms with Gasteiger partial charge in [0.05, 0.1) is 33.4 Å². The summed E-state index contributed by atoms with van der Waals surface area (Å²) in [6, 6.07) is 3.33. The van der Waals surface area contributed by atoms with Gasteiger partial charge in [-0.2, -0.15) is 0 Å². The molecule has 2 aliphatic rings.